The van der Waals surface area contributed by atoms with Crippen molar-refractivity contribution < 1.29 is 28.8 Å². The zero-order valence-electron chi connectivity index (χ0n) is 9.94. The van der Waals surface area contributed by atoms with Gasteiger partial charge in [0.05, 0.1) is 6.61 Å². The second-order valence-corrected chi connectivity index (χ2v) is 4.38. The number of aliphatic hydroxyl groups excluding tert-OH is 3. The molecule has 0 aliphatic carbocycles. The quantitative estimate of drug-likeness (QED) is 0.500. The van der Waals surface area contributed by atoms with Gasteiger partial charge in [0.1, 0.15) is 12.2 Å². The highest BCUT2D eigenvalue weighted by Gasteiger charge is 2.60. The van der Waals surface area contributed by atoms with Crippen LogP contribution in [-0.4, -0.2) is 55.7 Å². The van der Waals surface area contributed by atoms with Crippen LogP contribution in [0.1, 0.15) is 6.23 Å². The van der Waals surface area contributed by atoms with Gasteiger partial charge in [0, 0.05) is 12.3 Å². The molecule has 4 atom stereocenters. The van der Waals surface area contributed by atoms with E-state index in [0.717, 1.165) is 12.3 Å². The van der Waals surface area contributed by atoms with E-state index < -0.39 is 48.3 Å². The van der Waals surface area contributed by atoms with Crippen molar-refractivity contribution in [3.63, 3.8) is 0 Å². The molecule has 0 saturated carbocycles. The summed E-state index contributed by atoms with van der Waals surface area (Å²) in [4.78, 5) is 24.3. The zero-order chi connectivity index (χ0) is 15.1. The van der Waals surface area contributed by atoms with Gasteiger partial charge < -0.3 is 20.1 Å². The molecule has 0 aromatic carbocycles. The highest BCUT2D eigenvalue weighted by molar-refractivity contribution is 5.03. The highest BCUT2D eigenvalue weighted by atomic mass is 19.3. The van der Waals surface area contributed by atoms with Gasteiger partial charge in [-0.05, 0) is 0 Å². The van der Waals surface area contributed by atoms with Gasteiger partial charge in [-0.2, -0.15) is 0 Å². The fourth-order valence-electron chi connectivity index (χ4n) is 2.04. The lowest BCUT2D eigenvalue weighted by molar-refractivity contribution is -0.195. The third-order valence-corrected chi connectivity index (χ3v) is 3.20. The minimum absolute atomic E-state index is 0.648. The number of aromatic amines is 1. The minimum Gasteiger partial charge on any atom is -0.393 e. The van der Waals surface area contributed by atoms with Crippen molar-refractivity contribution in [3.05, 3.63) is 33.1 Å². The molecule has 4 N–H and O–H groups in total. The molecule has 20 heavy (non-hydrogen) atoms. The Morgan fingerprint density at radius 1 is 1.45 bits per heavy atom. The smallest absolute Gasteiger partial charge is 0.330 e. The molecule has 10 heteroatoms. The Morgan fingerprint density at radius 3 is 2.55 bits per heavy atom. The number of hydrogen-bond acceptors (Lipinski definition) is 6. The van der Waals surface area contributed by atoms with E-state index in [-0.39, 0.29) is 0 Å². The van der Waals surface area contributed by atoms with Crippen molar-refractivity contribution in [1.82, 2.24) is 9.55 Å². The summed E-state index contributed by atoms with van der Waals surface area (Å²) in [6, 6.07) is 0.922. The normalized spacial score (nSPS) is 33.8. The van der Waals surface area contributed by atoms with E-state index in [0.29, 0.717) is 4.57 Å². The van der Waals surface area contributed by atoms with Crippen LogP contribution < -0.4 is 11.2 Å². The monoisotopic (exact) mass is 294 g/mol. The van der Waals surface area contributed by atoms with Crippen LogP contribution in [0.5, 0.6) is 0 Å². The summed E-state index contributed by atoms with van der Waals surface area (Å²) in [7, 11) is 0. The summed E-state index contributed by atoms with van der Waals surface area (Å²) >= 11 is 0. The molecule has 1 aliphatic heterocycles. The van der Waals surface area contributed by atoms with E-state index in [9.17, 15) is 28.6 Å². The number of alkyl halides is 2. The van der Waals surface area contributed by atoms with Crippen LogP contribution in [0.3, 0.4) is 0 Å². The third kappa shape index (κ3) is 2.06. The molecule has 8 nitrogen and oxygen atoms in total. The molecule has 1 aliphatic rings. The summed E-state index contributed by atoms with van der Waals surface area (Å²) in [5, 5.41) is 28.4. The maximum absolute atomic E-state index is 13.0. The first-order chi connectivity index (χ1) is 9.33. The fourth-order valence-corrected chi connectivity index (χ4v) is 2.04. The van der Waals surface area contributed by atoms with Gasteiger partial charge in [-0.25, -0.2) is 13.6 Å². The molecule has 2 heterocycles. The van der Waals surface area contributed by atoms with Crippen LogP contribution >= 0.6 is 0 Å². The van der Waals surface area contributed by atoms with Gasteiger partial charge >= 0.3 is 5.69 Å². The van der Waals surface area contributed by atoms with Gasteiger partial charge in [0.25, 0.3) is 12.0 Å². The Labute approximate surface area is 109 Å². The van der Waals surface area contributed by atoms with E-state index in [4.69, 9.17) is 9.84 Å². The highest BCUT2D eigenvalue weighted by Crippen LogP contribution is 2.40. The lowest BCUT2D eigenvalue weighted by Gasteiger charge is -2.28. The number of aromatic nitrogens is 2. The van der Waals surface area contributed by atoms with E-state index in [1.807, 2.05) is 4.98 Å². The number of rotatable bonds is 3. The Morgan fingerprint density at radius 2 is 2.10 bits per heavy atom. The number of H-pyrrole nitrogens is 1. The topological polar surface area (TPSA) is 125 Å². The average molecular weight is 294 g/mol. The van der Waals surface area contributed by atoms with Gasteiger partial charge in [0.2, 0.25) is 0 Å². The number of aliphatic hydroxyl groups is 3. The van der Waals surface area contributed by atoms with Crippen molar-refractivity contribution in [1.29, 1.82) is 0 Å². The molecule has 0 bridgehead atoms. The summed E-state index contributed by atoms with van der Waals surface area (Å²) in [6.45, 7) is -1.25. The lowest BCUT2D eigenvalue weighted by Crippen LogP contribution is -2.52. The van der Waals surface area contributed by atoms with Crippen molar-refractivity contribution in [2.24, 2.45) is 0 Å². The van der Waals surface area contributed by atoms with Crippen LogP contribution in [0.2, 0.25) is 0 Å². The van der Waals surface area contributed by atoms with E-state index in [1.165, 1.54) is 0 Å². The molecule has 112 valence electrons. The number of ether oxygens (including phenoxy) is 1. The van der Waals surface area contributed by atoms with E-state index in [2.05, 4.69) is 0 Å². The number of halogens is 2. The lowest BCUT2D eigenvalue weighted by atomic mass is 9.96. The van der Waals surface area contributed by atoms with Gasteiger partial charge in [-0.1, -0.05) is 0 Å². The van der Waals surface area contributed by atoms with E-state index in [1.54, 1.807) is 0 Å². The predicted octanol–water partition coefficient (Wildman–Crippen LogP) is -2.22. The third-order valence-electron chi connectivity index (χ3n) is 3.20. The molecule has 1 saturated heterocycles. The minimum atomic E-state index is -3.29. The van der Waals surface area contributed by atoms with Gasteiger partial charge in [-0.15, -0.1) is 0 Å². The Kier molecular flexibility index (Phi) is 3.73. The second kappa shape index (κ2) is 5.05. The molecular weight excluding hydrogens is 282 g/mol. The Hall–Kier alpha value is -1.62. The van der Waals surface area contributed by atoms with Crippen LogP contribution in [0.15, 0.2) is 21.9 Å². The number of hydrogen-bond donors (Lipinski definition) is 4. The first kappa shape index (κ1) is 14.8. The van der Waals surface area contributed by atoms with Crippen molar-refractivity contribution in [2.75, 3.05) is 6.61 Å². The van der Waals surface area contributed by atoms with Crippen molar-refractivity contribution in [3.8, 4) is 0 Å². The average Bonchev–Trinajstić information content (AvgIpc) is 2.64. The molecule has 1 aromatic rings. The van der Waals surface area contributed by atoms with Gasteiger partial charge in [-0.3, -0.25) is 14.3 Å². The number of nitrogens with one attached hydrogen (secondary N) is 1. The molecule has 2 rings (SSSR count). The van der Waals surface area contributed by atoms with Crippen molar-refractivity contribution >= 4 is 0 Å². The summed E-state index contributed by atoms with van der Waals surface area (Å²) < 4.78 is 31.4. The van der Waals surface area contributed by atoms with Crippen LogP contribution in [0.25, 0.3) is 0 Å². The molecule has 0 amide bonds. The second-order valence-electron chi connectivity index (χ2n) is 4.38. The summed E-state index contributed by atoms with van der Waals surface area (Å²) in [6.07, 6.45) is -7.99. The molecular formula is C10H12F2N2O6. The maximum atomic E-state index is 13.0. The standard InChI is InChI=1S/C10H12F2N2O6/c11-8(12)10(3-15)6(18)5(17)7(20-10)14-2-1-4(16)13-9(14)19/h1-2,5-8,15,17-18H,3H2,(H,13,16,19)/t5-,6+,7-,10-/m1/s1. The molecule has 0 spiro atoms. The Bertz CT molecular complexity index is 602. The summed E-state index contributed by atoms with van der Waals surface area (Å²) in [5.41, 5.74) is -4.42. The van der Waals surface area contributed by atoms with Crippen molar-refractivity contribution in [2.45, 2.75) is 30.5 Å². The van der Waals surface area contributed by atoms with Gasteiger partial charge in [0.15, 0.2) is 11.8 Å². The van der Waals surface area contributed by atoms with Crippen LogP contribution in [-0.2, 0) is 4.74 Å². The first-order valence-electron chi connectivity index (χ1n) is 5.58. The molecule has 1 fully saturated rings. The molecule has 1 aromatic heterocycles. The fraction of sp³-hybridized carbons (Fsp3) is 0.600. The largest absolute Gasteiger partial charge is 0.393 e. The van der Waals surface area contributed by atoms with E-state index >= 15 is 0 Å². The van der Waals surface area contributed by atoms with Crippen LogP contribution in [0, 0.1) is 0 Å². The first-order valence-corrected chi connectivity index (χ1v) is 5.58. The molecule has 0 unspecified atom stereocenters. The Balaban J connectivity index is 2.45. The summed E-state index contributed by atoms with van der Waals surface area (Å²) in [5.74, 6) is 0. The maximum Gasteiger partial charge on any atom is 0.330 e. The number of nitrogens with zero attached hydrogens (tertiary/aromatic N) is 1. The predicted molar refractivity (Wildman–Crippen MR) is 59.3 cm³/mol. The van der Waals surface area contributed by atoms with Crippen LogP contribution in [0.4, 0.5) is 8.78 Å². The molecule has 0 radical (unpaired) electrons. The SMILES string of the molecule is O=c1ccn([C@@H]2O[C@@](CO)(C(F)F)[C@@H](O)[C@H]2O)c(=O)[nH]1. The zero-order valence-corrected chi connectivity index (χ0v) is 9.94.